The van der Waals surface area contributed by atoms with E-state index in [1.807, 2.05) is 0 Å². The zero-order valence-electron chi connectivity index (χ0n) is 6.66. The van der Waals surface area contributed by atoms with Crippen LogP contribution >= 0.6 is 0 Å². The number of rotatable bonds is 3. The summed E-state index contributed by atoms with van der Waals surface area (Å²) >= 11 is 0. The van der Waals surface area contributed by atoms with Crippen LogP contribution in [0, 0.1) is 0 Å². The van der Waals surface area contributed by atoms with E-state index in [0.717, 1.165) is 0 Å². The van der Waals surface area contributed by atoms with Gasteiger partial charge in [0.2, 0.25) is 0 Å². The second-order valence-corrected chi connectivity index (χ2v) is 2.97. The van der Waals surface area contributed by atoms with Crippen molar-refractivity contribution in [3.05, 3.63) is 0 Å². The summed E-state index contributed by atoms with van der Waals surface area (Å²) in [5.74, 6) is 0. The minimum Gasteiger partial charge on any atom is -1.00 e. The minimum absolute atomic E-state index is 0. The summed E-state index contributed by atoms with van der Waals surface area (Å²) < 4.78 is 58.9. The second-order valence-electron chi connectivity index (χ2n) is 0.992. The molecule has 0 saturated heterocycles. The summed E-state index contributed by atoms with van der Waals surface area (Å²) in [6, 6.07) is 0. The van der Waals surface area contributed by atoms with E-state index in [1.54, 1.807) is 0 Å². The quantitative estimate of drug-likeness (QED) is 0.218. The van der Waals surface area contributed by atoms with Gasteiger partial charge in [0.25, 0.3) is 0 Å². The monoisotopic (exact) mass is 252 g/mol. The standard InChI is InChI=1S/K.H2O8S2.H2O.H/c;1-9(2,3)7-8-10(4,5)6;;/h;(H,1,2,3)(H,4,5,6);1H2;/q+1;;;-1. The van der Waals surface area contributed by atoms with E-state index in [2.05, 4.69) is 8.67 Å². The van der Waals surface area contributed by atoms with Crippen LogP contribution in [0.15, 0.2) is 0 Å². The van der Waals surface area contributed by atoms with Crippen molar-refractivity contribution in [1.29, 1.82) is 0 Å². The Hall–Kier alpha value is 1.34. The van der Waals surface area contributed by atoms with Crippen LogP contribution in [-0.2, 0) is 29.5 Å². The van der Waals surface area contributed by atoms with Crippen LogP contribution in [0.25, 0.3) is 0 Å². The van der Waals surface area contributed by atoms with Crippen LogP contribution in [-0.4, -0.2) is 31.4 Å². The molecule has 0 bridgehead atoms. The van der Waals surface area contributed by atoms with Gasteiger partial charge >= 0.3 is 72.2 Å². The molecular formula is H5KO9S2. The molecule has 0 aliphatic heterocycles. The third-order valence-electron chi connectivity index (χ3n) is 0.200. The first-order valence-corrected chi connectivity index (χ1v) is 4.26. The molecule has 0 unspecified atom stereocenters. The Kier molecular flexibility index (Phi) is 10.7. The summed E-state index contributed by atoms with van der Waals surface area (Å²) in [7, 11) is -10.0. The van der Waals surface area contributed by atoms with Gasteiger partial charge in [-0.2, -0.15) is 16.8 Å². The Bertz CT molecular complexity index is 254. The fourth-order valence-electron chi connectivity index (χ4n) is 0.0702. The molecule has 9 nitrogen and oxygen atoms in total. The van der Waals surface area contributed by atoms with Crippen molar-refractivity contribution in [2.24, 2.45) is 0 Å². The second kappa shape index (κ2) is 6.74. The van der Waals surface area contributed by atoms with Gasteiger partial charge in [-0.25, -0.2) is 0 Å². The summed E-state index contributed by atoms with van der Waals surface area (Å²) in [5, 5.41) is 0. The van der Waals surface area contributed by atoms with Crippen molar-refractivity contribution in [3.8, 4) is 0 Å². The molecule has 0 aliphatic rings. The number of hydrogen-bond donors (Lipinski definition) is 2. The van der Waals surface area contributed by atoms with Gasteiger partial charge in [-0.05, 0) is 0 Å². The van der Waals surface area contributed by atoms with E-state index in [9.17, 15) is 16.8 Å². The van der Waals surface area contributed by atoms with Gasteiger partial charge < -0.3 is 6.90 Å². The summed E-state index contributed by atoms with van der Waals surface area (Å²) in [6.45, 7) is 0. The largest absolute Gasteiger partial charge is 1.00 e. The third-order valence-corrected chi connectivity index (χ3v) is 0.766. The van der Waals surface area contributed by atoms with Gasteiger partial charge in [0.1, 0.15) is 0 Å². The van der Waals surface area contributed by atoms with Crippen molar-refractivity contribution in [3.63, 3.8) is 0 Å². The zero-order valence-corrected chi connectivity index (χ0v) is 10.4. The van der Waals surface area contributed by atoms with Crippen molar-refractivity contribution in [1.82, 2.24) is 0 Å². The first-order valence-electron chi connectivity index (χ1n) is 1.53. The Morgan fingerprint density at radius 3 is 1.17 bits per heavy atom. The molecule has 72 valence electrons. The predicted octanol–water partition coefficient (Wildman–Crippen LogP) is -5.17. The average Bonchev–Trinajstić information content (AvgIpc) is 1.57. The van der Waals surface area contributed by atoms with Gasteiger partial charge in [0, 0.05) is 0 Å². The third kappa shape index (κ3) is 17.4. The predicted molar refractivity (Wildman–Crippen MR) is 30.0 cm³/mol. The molecule has 0 aromatic carbocycles. The van der Waals surface area contributed by atoms with Crippen LogP contribution in [0.4, 0.5) is 0 Å². The molecule has 0 aromatic rings. The van der Waals surface area contributed by atoms with E-state index in [0.29, 0.717) is 0 Å². The molecule has 4 N–H and O–H groups in total. The van der Waals surface area contributed by atoms with Gasteiger partial charge in [-0.1, -0.05) is 8.67 Å². The average molecular weight is 252 g/mol. The fourth-order valence-corrected chi connectivity index (χ4v) is 0.632. The van der Waals surface area contributed by atoms with Crippen molar-refractivity contribution in [2.75, 3.05) is 0 Å². The molecule has 0 saturated carbocycles. The Morgan fingerprint density at radius 2 is 1.08 bits per heavy atom. The van der Waals surface area contributed by atoms with E-state index in [4.69, 9.17) is 9.11 Å². The molecule has 0 amide bonds. The molecule has 12 heteroatoms. The van der Waals surface area contributed by atoms with Gasteiger partial charge in [0.15, 0.2) is 0 Å². The summed E-state index contributed by atoms with van der Waals surface area (Å²) in [4.78, 5) is 0. The first kappa shape index (κ1) is 19.0. The molecule has 0 spiro atoms. The SMILES string of the molecule is O.O=S(=O)(O)OOS(=O)(=O)O.[H-].[K+]. The molecule has 0 heterocycles. The molecule has 0 fully saturated rings. The molecule has 0 aromatic heterocycles. The van der Waals surface area contributed by atoms with E-state index >= 15 is 0 Å². The van der Waals surface area contributed by atoms with Crippen molar-refractivity contribution >= 4 is 20.8 Å². The Labute approximate surface area is 112 Å². The van der Waals surface area contributed by atoms with Crippen molar-refractivity contribution in [2.45, 2.75) is 0 Å². The van der Waals surface area contributed by atoms with Gasteiger partial charge in [-0.3, -0.25) is 9.11 Å². The minimum atomic E-state index is -5.02. The maximum Gasteiger partial charge on any atom is 1.00 e. The van der Waals surface area contributed by atoms with Crippen molar-refractivity contribution < 1.29 is 92.9 Å². The molecular weight excluding hydrogens is 247 g/mol. The summed E-state index contributed by atoms with van der Waals surface area (Å²) in [6.07, 6.45) is 0. The fraction of sp³-hybridized carbons (Fsp3) is 0. The topological polar surface area (TPSA) is 159 Å². The van der Waals surface area contributed by atoms with Crippen LogP contribution in [0.5, 0.6) is 0 Å². The van der Waals surface area contributed by atoms with Crippen LogP contribution in [0.3, 0.4) is 0 Å². The Morgan fingerprint density at radius 1 is 0.917 bits per heavy atom. The molecule has 12 heavy (non-hydrogen) atoms. The molecule has 0 rings (SSSR count). The van der Waals surface area contributed by atoms with Gasteiger partial charge in [0.05, 0.1) is 0 Å². The molecule has 0 radical (unpaired) electrons. The van der Waals surface area contributed by atoms with Crippen LogP contribution in [0.1, 0.15) is 1.43 Å². The van der Waals surface area contributed by atoms with Gasteiger partial charge in [-0.15, -0.1) is 0 Å². The summed E-state index contributed by atoms with van der Waals surface area (Å²) in [5.41, 5.74) is 0. The van der Waals surface area contributed by atoms with E-state index < -0.39 is 20.8 Å². The zero-order chi connectivity index (χ0) is 8.41. The maximum absolute atomic E-state index is 9.51. The number of hydrogen-bond acceptors (Lipinski definition) is 6. The first-order chi connectivity index (χ1) is 4.21. The normalized spacial score (nSPS) is 11.2. The van der Waals surface area contributed by atoms with E-state index in [1.165, 1.54) is 0 Å². The van der Waals surface area contributed by atoms with E-state index in [-0.39, 0.29) is 58.3 Å². The van der Waals surface area contributed by atoms with Crippen LogP contribution < -0.4 is 51.4 Å². The molecule has 0 aliphatic carbocycles. The van der Waals surface area contributed by atoms with Crippen LogP contribution in [0.2, 0.25) is 0 Å². The Balaban J connectivity index is -0.000000135. The molecule has 0 atom stereocenters. The maximum atomic E-state index is 9.51. The smallest absolute Gasteiger partial charge is 1.00 e.